The standard InChI is InChI=1S/C19H23N5/c1-4-14-16-11-7-5-6-8-12(11)22-18(16)17-13(23-20)9-19(2,3)10-15(17)24(14)21/h5-8H,4,9-10,20-21H2,1-3H3/p+1/b23-13-. The zero-order valence-corrected chi connectivity index (χ0v) is 14.5. The van der Waals surface area contributed by atoms with Gasteiger partial charge in [0.05, 0.1) is 22.2 Å². The Labute approximate surface area is 141 Å². The van der Waals surface area contributed by atoms with E-state index in [0.717, 1.165) is 53.0 Å². The van der Waals surface area contributed by atoms with Crippen molar-refractivity contribution in [1.29, 1.82) is 0 Å². The Hall–Kier alpha value is -2.56. The lowest BCUT2D eigenvalue weighted by molar-refractivity contribution is -0.654. The van der Waals surface area contributed by atoms with E-state index in [9.17, 15) is 0 Å². The van der Waals surface area contributed by atoms with E-state index in [4.69, 9.17) is 11.7 Å². The Morgan fingerprint density at radius 3 is 2.71 bits per heavy atom. The third-order valence-electron chi connectivity index (χ3n) is 5.19. The van der Waals surface area contributed by atoms with E-state index in [0.29, 0.717) is 0 Å². The van der Waals surface area contributed by atoms with Crippen molar-refractivity contribution in [3.63, 3.8) is 0 Å². The number of hydrogen-bond donors (Lipinski definition) is 3. The molecule has 0 saturated carbocycles. The lowest BCUT2D eigenvalue weighted by Gasteiger charge is -2.29. The number of pyridine rings is 1. The monoisotopic (exact) mass is 322 g/mol. The number of rotatable bonds is 1. The van der Waals surface area contributed by atoms with Gasteiger partial charge in [-0.2, -0.15) is 5.10 Å². The average Bonchev–Trinajstić information content (AvgIpc) is 2.93. The molecule has 4 rings (SSSR count). The maximum absolute atomic E-state index is 6.58. The number of aromatic nitrogens is 2. The van der Waals surface area contributed by atoms with Gasteiger partial charge in [0.15, 0.2) is 0 Å². The summed E-state index contributed by atoms with van der Waals surface area (Å²) in [5.41, 5.74) is 6.61. The number of fused-ring (bicyclic) bond motifs is 5. The largest absolute Gasteiger partial charge is 0.354 e. The van der Waals surface area contributed by atoms with Crippen molar-refractivity contribution in [2.75, 3.05) is 5.84 Å². The van der Waals surface area contributed by atoms with Crippen molar-refractivity contribution in [3.8, 4) is 0 Å². The Bertz CT molecular complexity index is 994. The molecule has 5 N–H and O–H groups in total. The molecule has 0 bridgehead atoms. The number of hydrazone groups is 1. The van der Waals surface area contributed by atoms with Crippen molar-refractivity contribution in [3.05, 3.63) is 41.2 Å². The zero-order chi connectivity index (χ0) is 17.1. The lowest BCUT2D eigenvalue weighted by atomic mass is 9.74. The zero-order valence-electron chi connectivity index (χ0n) is 14.5. The number of nitrogen functional groups attached to an aromatic ring is 1. The number of aromatic amines is 1. The topological polar surface area (TPSA) is 84.1 Å². The van der Waals surface area contributed by atoms with Crippen LogP contribution in [0.5, 0.6) is 0 Å². The molecule has 124 valence electrons. The summed E-state index contributed by atoms with van der Waals surface area (Å²) in [6.07, 6.45) is 2.64. The number of aryl methyl sites for hydroxylation is 1. The highest BCUT2D eigenvalue weighted by Gasteiger charge is 2.39. The SMILES string of the molecule is CCc1c2c([nH]c3ccccc32)c2c([n+]1N)CC(C)(C)C/C2=N/N. The fourth-order valence-electron chi connectivity index (χ4n) is 4.18. The Kier molecular flexibility index (Phi) is 3.10. The van der Waals surface area contributed by atoms with Crippen LogP contribution < -0.4 is 16.4 Å². The first-order valence-corrected chi connectivity index (χ1v) is 8.49. The van der Waals surface area contributed by atoms with Crippen LogP contribution in [0.4, 0.5) is 0 Å². The molecule has 1 aromatic carbocycles. The molecular formula is C19H24N5+. The van der Waals surface area contributed by atoms with Crippen molar-refractivity contribution in [1.82, 2.24) is 4.98 Å². The second kappa shape index (κ2) is 4.97. The molecule has 0 fully saturated rings. The predicted molar refractivity (Wildman–Crippen MR) is 98.4 cm³/mol. The summed E-state index contributed by atoms with van der Waals surface area (Å²) in [5, 5.41) is 6.52. The molecular weight excluding hydrogens is 298 g/mol. The van der Waals surface area contributed by atoms with Gasteiger partial charge in [-0.3, -0.25) is 0 Å². The minimum absolute atomic E-state index is 0.0943. The molecule has 24 heavy (non-hydrogen) atoms. The molecule has 0 radical (unpaired) electrons. The number of nitrogens with zero attached hydrogens (tertiary/aromatic N) is 2. The maximum Gasteiger partial charge on any atom is 0.223 e. The lowest BCUT2D eigenvalue weighted by Crippen LogP contribution is -2.55. The fourth-order valence-corrected chi connectivity index (χ4v) is 4.18. The molecule has 0 saturated heterocycles. The van der Waals surface area contributed by atoms with Gasteiger partial charge in [-0.15, -0.1) is 0 Å². The van der Waals surface area contributed by atoms with Crippen LogP contribution in [0.3, 0.4) is 0 Å². The molecule has 1 aliphatic carbocycles. The quantitative estimate of drug-likeness (QED) is 0.365. The van der Waals surface area contributed by atoms with Crippen molar-refractivity contribution in [2.24, 2.45) is 16.4 Å². The summed E-state index contributed by atoms with van der Waals surface area (Å²) in [4.78, 5) is 3.59. The van der Waals surface area contributed by atoms with Crippen LogP contribution >= 0.6 is 0 Å². The van der Waals surface area contributed by atoms with Crippen LogP contribution in [0.2, 0.25) is 0 Å². The predicted octanol–water partition coefficient (Wildman–Crippen LogP) is 2.52. The van der Waals surface area contributed by atoms with E-state index in [1.807, 2.05) is 10.7 Å². The van der Waals surface area contributed by atoms with Gasteiger partial charge in [0, 0.05) is 23.7 Å². The highest BCUT2D eigenvalue weighted by Crippen LogP contribution is 2.38. The molecule has 0 unspecified atom stereocenters. The van der Waals surface area contributed by atoms with Crippen LogP contribution in [0.25, 0.3) is 21.8 Å². The van der Waals surface area contributed by atoms with Gasteiger partial charge in [-0.1, -0.05) is 43.6 Å². The number of H-pyrrole nitrogens is 1. The molecule has 5 nitrogen and oxygen atoms in total. The van der Waals surface area contributed by atoms with Gasteiger partial charge < -0.3 is 10.8 Å². The van der Waals surface area contributed by atoms with E-state index < -0.39 is 0 Å². The van der Waals surface area contributed by atoms with Crippen molar-refractivity contribution >= 4 is 27.5 Å². The summed E-state index contributed by atoms with van der Waals surface area (Å²) in [5.74, 6) is 12.3. The van der Waals surface area contributed by atoms with Crippen LogP contribution in [0.15, 0.2) is 29.4 Å². The molecule has 2 aromatic heterocycles. The van der Waals surface area contributed by atoms with Crippen molar-refractivity contribution in [2.45, 2.75) is 40.0 Å². The number of nitrogens with two attached hydrogens (primary N) is 2. The van der Waals surface area contributed by atoms with Crippen LogP contribution in [0.1, 0.15) is 44.1 Å². The molecule has 1 aliphatic rings. The Morgan fingerprint density at radius 1 is 1.25 bits per heavy atom. The normalized spacial score (nSPS) is 18.4. The van der Waals surface area contributed by atoms with E-state index in [1.165, 1.54) is 10.8 Å². The minimum atomic E-state index is 0.0943. The summed E-state index contributed by atoms with van der Waals surface area (Å²) < 4.78 is 1.88. The highest BCUT2D eigenvalue weighted by atomic mass is 15.3. The highest BCUT2D eigenvalue weighted by molar-refractivity contribution is 6.18. The van der Waals surface area contributed by atoms with Crippen LogP contribution in [-0.4, -0.2) is 10.7 Å². The average molecular weight is 322 g/mol. The Balaban J connectivity index is 2.22. The van der Waals surface area contributed by atoms with Gasteiger partial charge in [-0.25, -0.2) is 5.84 Å². The first-order valence-electron chi connectivity index (χ1n) is 8.49. The second-order valence-electron chi connectivity index (χ2n) is 7.51. The minimum Gasteiger partial charge on any atom is -0.354 e. The molecule has 0 amide bonds. The number of para-hydroxylation sites is 1. The molecule has 0 atom stereocenters. The number of benzene rings is 1. The van der Waals surface area contributed by atoms with E-state index >= 15 is 0 Å². The van der Waals surface area contributed by atoms with Gasteiger partial charge in [0.2, 0.25) is 11.4 Å². The first kappa shape index (κ1) is 15.0. The van der Waals surface area contributed by atoms with Crippen LogP contribution in [-0.2, 0) is 12.8 Å². The molecule has 5 heteroatoms. The van der Waals surface area contributed by atoms with Gasteiger partial charge >= 0.3 is 0 Å². The molecule has 3 aromatic rings. The summed E-state index contributed by atoms with van der Waals surface area (Å²) in [7, 11) is 0. The van der Waals surface area contributed by atoms with E-state index in [1.54, 1.807) is 0 Å². The Morgan fingerprint density at radius 2 is 2.00 bits per heavy atom. The van der Waals surface area contributed by atoms with E-state index in [-0.39, 0.29) is 5.41 Å². The molecule has 0 spiro atoms. The number of nitrogens with one attached hydrogen (secondary N) is 1. The third kappa shape index (κ3) is 1.94. The van der Waals surface area contributed by atoms with Crippen molar-refractivity contribution < 1.29 is 4.68 Å². The van der Waals surface area contributed by atoms with Gasteiger partial charge in [0.25, 0.3) is 0 Å². The van der Waals surface area contributed by atoms with Crippen LogP contribution in [0, 0.1) is 5.41 Å². The molecule has 2 heterocycles. The summed E-state index contributed by atoms with van der Waals surface area (Å²) >= 11 is 0. The molecule has 0 aliphatic heterocycles. The third-order valence-corrected chi connectivity index (χ3v) is 5.19. The summed E-state index contributed by atoms with van der Waals surface area (Å²) in [6.45, 7) is 6.63. The van der Waals surface area contributed by atoms with E-state index in [2.05, 4.69) is 49.1 Å². The number of hydrogen-bond acceptors (Lipinski definition) is 3. The fraction of sp³-hybridized carbons (Fsp3) is 0.368. The van der Waals surface area contributed by atoms with Gasteiger partial charge in [0.1, 0.15) is 0 Å². The smallest absolute Gasteiger partial charge is 0.223 e. The van der Waals surface area contributed by atoms with Gasteiger partial charge in [-0.05, 0) is 17.9 Å². The summed E-state index contributed by atoms with van der Waals surface area (Å²) in [6, 6.07) is 8.36. The second-order valence-corrected chi connectivity index (χ2v) is 7.51. The maximum atomic E-state index is 6.58. The first-order chi connectivity index (χ1) is 11.5.